The summed E-state index contributed by atoms with van der Waals surface area (Å²) in [5, 5.41) is 3.32. The van der Waals surface area contributed by atoms with Crippen LogP contribution in [0.25, 0.3) is 0 Å². The number of hydrogen-bond acceptors (Lipinski definition) is 4. The number of halogens is 1. The maximum absolute atomic E-state index is 12.0. The van der Waals surface area contributed by atoms with E-state index in [0.29, 0.717) is 17.3 Å². The van der Waals surface area contributed by atoms with Crippen LogP contribution >= 0.6 is 11.6 Å². The van der Waals surface area contributed by atoms with Crippen LogP contribution in [0, 0.1) is 0 Å². The SMILES string of the molecule is CN(C)S(=O)(=O)c1ccc(OCCNC(=O)Cc2ccccc2Cl)cc1. The highest BCUT2D eigenvalue weighted by molar-refractivity contribution is 7.89. The van der Waals surface area contributed by atoms with Gasteiger partial charge in [0, 0.05) is 19.1 Å². The molecule has 0 aliphatic carbocycles. The topological polar surface area (TPSA) is 75.7 Å². The highest BCUT2D eigenvalue weighted by atomic mass is 35.5. The van der Waals surface area contributed by atoms with Crippen molar-refractivity contribution >= 4 is 27.5 Å². The van der Waals surface area contributed by atoms with Gasteiger partial charge in [0.05, 0.1) is 17.9 Å². The number of sulfonamides is 1. The van der Waals surface area contributed by atoms with Gasteiger partial charge in [-0.15, -0.1) is 0 Å². The zero-order chi connectivity index (χ0) is 19.2. The molecule has 26 heavy (non-hydrogen) atoms. The quantitative estimate of drug-likeness (QED) is 0.695. The third-order valence-corrected chi connectivity index (χ3v) is 5.80. The van der Waals surface area contributed by atoms with Crippen molar-refractivity contribution in [2.45, 2.75) is 11.3 Å². The molecule has 8 heteroatoms. The average Bonchev–Trinajstić information content (AvgIpc) is 2.61. The number of nitrogens with zero attached hydrogens (tertiary/aromatic N) is 1. The Balaban J connectivity index is 1.78. The summed E-state index contributed by atoms with van der Waals surface area (Å²) in [7, 11) is -0.499. The molecule has 2 rings (SSSR count). The number of rotatable bonds is 8. The van der Waals surface area contributed by atoms with E-state index < -0.39 is 10.0 Å². The molecule has 0 radical (unpaired) electrons. The summed E-state index contributed by atoms with van der Waals surface area (Å²) in [5.41, 5.74) is 0.769. The van der Waals surface area contributed by atoms with Gasteiger partial charge in [0.1, 0.15) is 12.4 Å². The first kappa shape index (κ1) is 20.2. The Morgan fingerprint density at radius 2 is 1.77 bits per heavy atom. The van der Waals surface area contributed by atoms with E-state index in [2.05, 4.69) is 5.32 Å². The number of amides is 1. The Bertz CT molecular complexity index is 852. The second-order valence-corrected chi connectivity index (χ2v) is 8.28. The van der Waals surface area contributed by atoms with Crippen LogP contribution in [0.3, 0.4) is 0 Å². The van der Waals surface area contributed by atoms with Crippen molar-refractivity contribution < 1.29 is 17.9 Å². The number of carbonyl (C=O) groups excluding carboxylic acids is 1. The number of carbonyl (C=O) groups is 1. The Morgan fingerprint density at radius 1 is 1.12 bits per heavy atom. The van der Waals surface area contributed by atoms with Crippen LogP contribution < -0.4 is 10.1 Å². The van der Waals surface area contributed by atoms with Crippen LogP contribution in [0.15, 0.2) is 53.4 Å². The summed E-state index contributed by atoms with van der Waals surface area (Å²) in [6, 6.07) is 13.3. The Morgan fingerprint density at radius 3 is 2.38 bits per heavy atom. The van der Waals surface area contributed by atoms with E-state index in [0.717, 1.165) is 9.87 Å². The first-order valence-electron chi connectivity index (χ1n) is 7.96. The fourth-order valence-electron chi connectivity index (χ4n) is 2.16. The molecular weight excluding hydrogens is 376 g/mol. The van der Waals surface area contributed by atoms with Gasteiger partial charge in [-0.1, -0.05) is 29.8 Å². The highest BCUT2D eigenvalue weighted by Gasteiger charge is 2.16. The molecule has 0 aliphatic heterocycles. The van der Waals surface area contributed by atoms with E-state index >= 15 is 0 Å². The van der Waals surface area contributed by atoms with Gasteiger partial charge >= 0.3 is 0 Å². The third kappa shape index (κ3) is 5.45. The predicted octanol–water partition coefficient (Wildman–Crippen LogP) is 2.33. The second kappa shape index (κ2) is 9.02. The third-order valence-electron chi connectivity index (χ3n) is 3.60. The van der Waals surface area contributed by atoms with Gasteiger partial charge in [0.15, 0.2) is 0 Å². The van der Waals surface area contributed by atoms with Gasteiger partial charge in [-0.2, -0.15) is 0 Å². The highest BCUT2D eigenvalue weighted by Crippen LogP contribution is 2.18. The Labute approximate surface area is 158 Å². The number of nitrogens with one attached hydrogen (secondary N) is 1. The fourth-order valence-corrected chi connectivity index (χ4v) is 3.26. The van der Waals surface area contributed by atoms with Crippen molar-refractivity contribution in [1.29, 1.82) is 0 Å². The molecule has 0 fully saturated rings. The predicted molar refractivity (Wildman–Crippen MR) is 101 cm³/mol. The molecule has 0 atom stereocenters. The van der Waals surface area contributed by atoms with Crippen molar-refractivity contribution in [2.24, 2.45) is 0 Å². The van der Waals surface area contributed by atoms with Gasteiger partial charge in [-0.05, 0) is 35.9 Å². The fraction of sp³-hybridized carbons (Fsp3) is 0.278. The molecule has 2 aromatic rings. The molecule has 140 valence electrons. The van der Waals surface area contributed by atoms with Gasteiger partial charge < -0.3 is 10.1 Å². The molecular formula is C18H21ClN2O4S. The van der Waals surface area contributed by atoms with E-state index in [1.165, 1.54) is 26.2 Å². The molecule has 0 saturated carbocycles. The lowest BCUT2D eigenvalue weighted by atomic mass is 10.1. The Hall–Kier alpha value is -2.09. The lowest BCUT2D eigenvalue weighted by Gasteiger charge is -2.12. The van der Waals surface area contributed by atoms with Gasteiger partial charge in [0.25, 0.3) is 0 Å². The van der Waals surface area contributed by atoms with Gasteiger partial charge in [-0.25, -0.2) is 12.7 Å². The minimum absolute atomic E-state index is 0.144. The number of hydrogen-bond donors (Lipinski definition) is 1. The molecule has 2 aromatic carbocycles. The summed E-state index contributed by atoms with van der Waals surface area (Å²) in [6.45, 7) is 0.606. The molecule has 0 aromatic heterocycles. The smallest absolute Gasteiger partial charge is 0.242 e. The first-order valence-corrected chi connectivity index (χ1v) is 9.78. The van der Waals surface area contributed by atoms with Crippen molar-refractivity contribution in [3.8, 4) is 5.75 Å². The van der Waals surface area contributed by atoms with Crippen LogP contribution in [0.2, 0.25) is 5.02 Å². The molecule has 0 spiro atoms. The summed E-state index contributed by atoms with van der Waals surface area (Å²) in [6.07, 6.45) is 0.205. The van der Waals surface area contributed by atoms with Crippen LogP contribution in [-0.2, 0) is 21.2 Å². The largest absolute Gasteiger partial charge is 0.492 e. The monoisotopic (exact) mass is 396 g/mol. The second-order valence-electron chi connectivity index (χ2n) is 5.73. The standard InChI is InChI=1S/C18H21ClN2O4S/c1-21(2)26(23,24)16-9-7-15(8-10-16)25-12-11-20-18(22)13-14-5-3-4-6-17(14)19/h3-10H,11-13H2,1-2H3,(H,20,22). The van der Waals surface area contributed by atoms with Crippen LogP contribution in [-0.4, -0.2) is 45.9 Å². The van der Waals surface area contributed by atoms with Crippen LogP contribution in [0.5, 0.6) is 5.75 Å². The van der Waals surface area contributed by atoms with Gasteiger partial charge in [0.2, 0.25) is 15.9 Å². The van der Waals surface area contributed by atoms with Crippen molar-refractivity contribution in [2.75, 3.05) is 27.2 Å². The van der Waals surface area contributed by atoms with E-state index in [9.17, 15) is 13.2 Å². The van der Waals surface area contributed by atoms with Crippen molar-refractivity contribution in [3.63, 3.8) is 0 Å². The maximum atomic E-state index is 12.0. The van der Waals surface area contributed by atoms with E-state index in [4.69, 9.17) is 16.3 Å². The molecule has 0 heterocycles. The lowest BCUT2D eigenvalue weighted by Crippen LogP contribution is -2.29. The molecule has 0 aliphatic rings. The van der Waals surface area contributed by atoms with Crippen LogP contribution in [0.4, 0.5) is 0 Å². The first-order chi connectivity index (χ1) is 12.3. The number of benzene rings is 2. The zero-order valence-electron chi connectivity index (χ0n) is 14.6. The molecule has 6 nitrogen and oxygen atoms in total. The van der Waals surface area contributed by atoms with E-state index in [1.54, 1.807) is 18.2 Å². The molecule has 1 amide bonds. The Kier molecular flexibility index (Phi) is 7.02. The van der Waals surface area contributed by atoms with E-state index in [-0.39, 0.29) is 23.8 Å². The summed E-state index contributed by atoms with van der Waals surface area (Å²) in [5.74, 6) is 0.386. The van der Waals surface area contributed by atoms with Crippen molar-refractivity contribution in [3.05, 3.63) is 59.1 Å². The molecule has 0 bridgehead atoms. The number of ether oxygens (including phenoxy) is 1. The lowest BCUT2D eigenvalue weighted by molar-refractivity contribution is -0.120. The normalized spacial score (nSPS) is 11.4. The summed E-state index contributed by atoms with van der Waals surface area (Å²) in [4.78, 5) is 12.1. The maximum Gasteiger partial charge on any atom is 0.242 e. The average molecular weight is 397 g/mol. The minimum Gasteiger partial charge on any atom is -0.492 e. The molecule has 0 unspecified atom stereocenters. The molecule has 1 N–H and O–H groups in total. The minimum atomic E-state index is -3.45. The van der Waals surface area contributed by atoms with E-state index in [1.807, 2.05) is 18.2 Å². The van der Waals surface area contributed by atoms with Crippen molar-refractivity contribution in [1.82, 2.24) is 9.62 Å². The van der Waals surface area contributed by atoms with Crippen LogP contribution in [0.1, 0.15) is 5.56 Å². The molecule has 0 saturated heterocycles. The summed E-state index contributed by atoms with van der Waals surface area (Å²) >= 11 is 6.02. The zero-order valence-corrected chi connectivity index (χ0v) is 16.2. The van der Waals surface area contributed by atoms with Gasteiger partial charge in [-0.3, -0.25) is 4.79 Å². The summed E-state index contributed by atoms with van der Waals surface area (Å²) < 4.78 is 30.6.